The summed E-state index contributed by atoms with van der Waals surface area (Å²) in [6.45, 7) is 2.42. The fourth-order valence-corrected chi connectivity index (χ4v) is 4.51. The van der Waals surface area contributed by atoms with Gasteiger partial charge in [0.2, 0.25) is 5.82 Å². The van der Waals surface area contributed by atoms with Crippen LogP contribution in [0.2, 0.25) is 0 Å². The third-order valence-corrected chi connectivity index (χ3v) is 6.23. The molecule has 0 N–H and O–H groups in total. The summed E-state index contributed by atoms with van der Waals surface area (Å²) in [5.41, 5.74) is 0.826. The average Bonchev–Trinajstić information content (AvgIpc) is 3.59. The lowest BCUT2D eigenvalue weighted by molar-refractivity contribution is -0.159. The zero-order valence-electron chi connectivity index (χ0n) is 17.2. The van der Waals surface area contributed by atoms with E-state index in [4.69, 9.17) is 0 Å². The van der Waals surface area contributed by atoms with Gasteiger partial charge in [0.25, 0.3) is 0 Å². The first kappa shape index (κ1) is 21.3. The molecular weight excluding hydrogens is 455 g/mol. The van der Waals surface area contributed by atoms with Crippen molar-refractivity contribution in [2.24, 2.45) is 0 Å². The maximum atomic E-state index is 12.8. The van der Waals surface area contributed by atoms with E-state index >= 15 is 0 Å². The third-order valence-electron chi connectivity index (χ3n) is 5.16. The zero-order chi connectivity index (χ0) is 22.8. The van der Waals surface area contributed by atoms with Gasteiger partial charge < -0.3 is 14.3 Å². The molecule has 1 fully saturated rings. The molecule has 170 valence electrons. The van der Waals surface area contributed by atoms with Gasteiger partial charge >= 0.3 is 12.1 Å². The Hall–Kier alpha value is -3.54. The van der Waals surface area contributed by atoms with Crippen molar-refractivity contribution in [3.8, 4) is 10.7 Å². The molecule has 0 aliphatic carbocycles. The van der Waals surface area contributed by atoms with Crippen LogP contribution in [0.1, 0.15) is 23.6 Å². The molecule has 0 unspecified atom stereocenters. The van der Waals surface area contributed by atoms with E-state index in [-0.39, 0.29) is 5.82 Å². The summed E-state index contributed by atoms with van der Waals surface area (Å²) in [6.07, 6.45) is 4.30. The van der Waals surface area contributed by atoms with Gasteiger partial charge in [-0.25, -0.2) is 9.97 Å². The first-order valence-electron chi connectivity index (χ1n) is 10.2. The van der Waals surface area contributed by atoms with Gasteiger partial charge in [0.15, 0.2) is 5.82 Å². The van der Waals surface area contributed by atoms with E-state index < -0.39 is 12.1 Å². The highest BCUT2D eigenvalue weighted by Crippen LogP contribution is 2.34. The highest BCUT2D eigenvalue weighted by Gasteiger charge is 2.38. The van der Waals surface area contributed by atoms with Crippen LogP contribution in [0.25, 0.3) is 10.7 Å². The molecule has 1 aliphatic rings. The van der Waals surface area contributed by atoms with E-state index in [9.17, 15) is 13.2 Å². The predicted molar refractivity (Wildman–Crippen MR) is 116 cm³/mol. The number of hydrogen-bond donors (Lipinski definition) is 0. The molecular formula is C21H18F3N7OS. The molecule has 0 atom stereocenters. The number of thiophene rings is 1. The fourth-order valence-electron chi connectivity index (χ4n) is 3.58. The van der Waals surface area contributed by atoms with Crippen LogP contribution in [0.15, 0.2) is 53.6 Å². The molecule has 0 saturated carbocycles. The highest BCUT2D eigenvalue weighted by atomic mass is 32.1. The average molecular weight is 473 g/mol. The van der Waals surface area contributed by atoms with Crippen molar-refractivity contribution in [2.75, 3.05) is 22.9 Å². The number of alkyl halides is 3. The van der Waals surface area contributed by atoms with Crippen LogP contribution in [-0.2, 0) is 12.7 Å². The van der Waals surface area contributed by atoms with Crippen LogP contribution in [0, 0.1) is 0 Å². The van der Waals surface area contributed by atoms with Crippen molar-refractivity contribution in [3.05, 3.63) is 59.8 Å². The zero-order valence-corrected chi connectivity index (χ0v) is 18.1. The summed E-state index contributed by atoms with van der Waals surface area (Å²) in [4.78, 5) is 22.2. The van der Waals surface area contributed by atoms with E-state index in [0.29, 0.717) is 17.2 Å². The van der Waals surface area contributed by atoms with Crippen molar-refractivity contribution in [1.29, 1.82) is 0 Å². The van der Waals surface area contributed by atoms with Gasteiger partial charge in [-0.05, 0) is 37.1 Å². The molecule has 5 rings (SSSR count). The second-order valence-electron chi connectivity index (χ2n) is 7.41. The summed E-state index contributed by atoms with van der Waals surface area (Å²) >= 11 is 1.28. The van der Waals surface area contributed by atoms with Crippen LogP contribution in [0.4, 0.5) is 30.5 Å². The Balaban J connectivity index is 1.40. The van der Waals surface area contributed by atoms with E-state index in [2.05, 4.69) is 34.5 Å². The first-order chi connectivity index (χ1) is 16.0. The van der Waals surface area contributed by atoms with Crippen molar-refractivity contribution >= 4 is 28.7 Å². The Morgan fingerprint density at radius 2 is 1.88 bits per heavy atom. The van der Waals surface area contributed by atoms with Crippen LogP contribution in [0.5, 0.6) is 0 Å². The number of pyridine rings is 1. The fraction of sp³-hybridized carbons (Fsp3) is 0.286. The topological polar surface area (TPSA) is 84.1 Å². The SMILES string of the molecule is FC(F)(F)c1nc(-c2ccc(CN(c3ccc(N4CCCC4)nc3)c3cnccn3)s2)no1. The molecule has 0 amide bonds. The minimum absolute atomic E-state index is 0.0961. The van der Waals surface area contributed by atoms with Crippen LogP contribution < -0.4 is 9.80 Å². The maximum absolute atomic E-state index is 12.8. The number of rotatable bonds is 6. The summed E-state index contributed by atoms with van der Waals surface area (Å²) in [5.74, 6) is 0.104. The molecule has 4 aromatic heterocycles. The molecule has 8 nitrogen and oxygen atoms in total. The van der Waals surface area contributed by atoms with Crippen molar-refractivity contribution in [2.45, 2.75) is 25.6 Å². The monoisotopic (exact) mass is 473 g/mol. The number of nitrogens with zero attached hydrogens (tertiary/aromatic N) is 7. The summed E-state index contributed by atoms with van der Waals surface area (Å²) in [6, 6.07) is 7.47. The van der Waals surface area contributed by atoms with Crippen LogP contribution in [-0.4, -0.2) is 38.2 Å². The predicted octanol–water partition coefficient (Wildman–Crippen LogP) is 4.94. The Bertz CT molecular complexity index is 1200. The molecule has 1 aliphatic heterocycles. The van der Waals surface area contributed by atoms with Gasteiger partial charge in [-0.2, -0.15) is 18.2 Å². The lowest BCUT2D eigenvalue weighted by atomic mass is 10.3. The number of hydrogen-bond acceptors (Lipinski definition) is 9. The maximum Gasteiger partial charge on any atom is 0.471 e. The van der Waals surface area contributed by atoms with Gasteiger partial charge in [0, 0.05) is 30.4 Å². The van der Waals surface area contributed by atoms with Gasteiger partial charge in [-0.1, -0.05) is 5.16 Å². The highest BCUT2D eigenvalue weighted by molar-refractivity contribution is 7.15. The summed E-state index contributed by atoms with van der Waals surface area (Å²) in [5, 5.41) is 3.46. The number of halogens is 3. The summed E-state index contributed by atoms with van der Waals surface area (Å²) < 4.78 is 42.7. The minimum Gasteiger partial charge on any atom is -0.357 e. The first-order valence-corrected chi connectivity index (χ1v) is 11.0. The molecule has 0 spiro atoms. The molecule has 5 heterocycles. The van der Waals surface area contributed by atoms with Gasteiger partial charge in [-0.15, -0.1) is 11.3 Å². The van der Waals surface area contributed by atoms with Crippen molar-refractivity contribution < 1.29 is 17.7 Å². The molecule has 0 radical (unpaired) electrons. The number of anilines is 3. The molecule has 12 heteroatoms. The second kappa shape index (κ2) is 8.77. The standard InChI is InChI=1S/C21H18F3N7OS/c22-21(23,24)20-28-19(29-32-20)16-5-4-15(33-16)13-31(18-12-25-7-8-26-18)14-3-6-17(27-11-14)30-9-1-2-10-30/h3-8,11-12H,1-2,9-10,13H2. The summed E-state index contributed by atoms with van der Waals surface area (Å²) in [7, 11) is 0. The Labute approximate surface area is 190 Å². The largest absolute Gasteiger partial charge is 0.471 e. The smallest absolute Gasteiger partial charge is 0.357 e. The molecule has 0 bridgehead atoms. The molecule has 0 aromatic carbocycles. The Morgan fingerprint density at radius 3 is 2.55 bits per heavy atom. The van der Waals surface area contributed by atoms with Crippen LogP contribution >= 0.6 is 11.3 Å². The quantitative estimate of drug-likeness (QED) is 0.389. The number of aromatic nitrogens is 5. The lowest BCUT2D eigenvalue weighted by Gasteiger charge is -2.23. The Kier molecular flexibility index (Phi) is 5.67. The molecule has 4 aromatic rings. The van der Waals surface area contributed by atoms with Gasteiger partial charge in [0.1, 0.15) is 5.82 Å². The molecule has 1 saturated heterocycles. The molecule has 33 heavy (non-hydrogen) atoms. The normalized spacial score (nSPS) is 14.1. The van der Waals surface area contributed by atoms with E-state index in [1.54, 1.807) is 30.9 Å². The van der Waals surface area contributed by atoms with Crippen molar-refractivity contribution in [3.63, 3.8) is 0 Å². The minimum atomic E-state index is -4.68. The van der Waals surface area contributed by atoms with Crippen LogP contribution in [0.3, 0.4) is 0 Å². The second-order valence-corrected chi connectivity index (χ2v) is 8.57. The lowest BCUT2D eigenvalue weighted by Crippen LogP contribution is -2.20. The van der Waals surface area contributed by atoms with Gasteiger partial charge in [-0.3, -0.25) is 4.98 Å². The van der Waals surface area contributed by atoms with Crippen molar-refractivity contribution in [1.82, 2.24) is 25.1 Å². The Morgan fingerprint density at radius 1 is 1.03 bits per heavy atom. The third kappa shape index (κ3) is 4.65. The van der Waals surface area contributed by atoms with E-state index in [0.717, 1.165) is 29.5 Å². The van der Waals surface area contributed by atoms with Gasteiger partial charge in [0.05, 0.1) is 29.5 Å². The van der Waals surface area contributed by atoms with E-state index in [1.807, 2.05) is 23.1 Å². The van der Waals surface area contributed by atoms with E-state index in [1.165, 1.54) is 24.2 Å².